The summed E-state index contributed by atoms with van der Waals surface area (Å²) >= 11 is 0. The molecule has 0 radical (unpaired) electrons. The number of aromatic hydroxyl groups is 1. The highest BCUT2D eigenvalue weighted by molar-refractivity contribution is 5.94. The van der Waals surface area contributed by atoms with Crippen LogP contribution in [-0.2, 0) is 4.79 Å². The first-order chi connectivity index (χ1) is 11.5. The van der Waals surface area contributed by atoms with Crippen molar-refractivity contribution in [3.05, 3.63) is 49.1 Å². The van der Waals surface area contributed by atoms with Crippen LogP contribution >= 0.6 is 0 Å². The van der Waals surface area contributed by atoms with Gasteiger partial charge in [0, 0.05) is 43.9 Å². The van der Waals surface area contributed by atoms with Gasteiger partial charge in [0.05, 0.1) is 0 Å². The van der Waals surface area contributed by atoms with Crippen LogP contribution in [0.1, 0.15) is 32.6 Å². The first kappa shape index (κ1) is 18.3. The molecule has 1 N–H and O–H groups in total. The van der Waals surface area contributed by atoms with E-state index in [1.54, 1.807) is 18.2 Å². The summed E-state index contributed by atoms with van der Waals surface area (Å²) in [5, 5.41) is 9.74. The Hall–Kier alpha value is -2.07. The number of piperidine rings is 1. The van der Waals surface area contributed by atoms with E-state index in [-0.39, 0.29) is 17.7 Å². The fourth-order valence-electron chi connectivity index (χ4n) is 3.18. The van der Waals surface area contributed by atoms with Gasteiger partial charge in [0.15, 0.2) is 0 Å². The Balaban J connectivity index is 2.01. The van der Waals surface area contributed by atoms with Gasteiger partial charge in [0.2, 0.25) is 5.91 Å². The SMILES string of the molecule is C=CC(=C)CCN1CCC(N(C(=O)CC)c2cccc(O)c2)CC1. The van der Waals surface area contributed by atoms with Crippen molar-refractivity contribution in [3.63, 3.8) is 0 Å². The number of benzene rings is 1. The van der Waals surface area contributed by atoms with Gasteiger partial charge in [-0.3, -0.25) is 4.79 Å². The van der Waals surface area contributed by atoms with Crippen LogP contribution in [0.4, 0.5) is 5.69 Å². The van der Waals surface area contributed by atoms with Gasteiger partial charge >= 0.3 is 0 Å². The molecule has 24 heavy (non-hydrogen) atoms. The molecule has 0 atom stereocenters. The number of allylic oxidation sites excluding steroid dienone is 1. The molecule has 1 amide bonds. The molecule has 1 aliphatic heterocycles. The molecule has 0 bridgehead atoms. The zero-order valence-corrected chi connectivity index (χ0v) is 14.6. The van der Waals surface area contributed by atoms with Gasteiger partial charge < -0.3 is 14.9 Å². The smallest absolute Gasteiger partial charge is 0.226 e. The maximum absolute atomic E-state index is 12.5. The molecule has 1 saturated heterocycles. The molecule has 0 saturated carbocycles. The molecule has 2 rings (SSSR count). The van der Waals surface area contributed by atoms with E-state index in [0.717, 1.165) is 50.2 Å². The second-order valence-corrected chi connectivity index (χ2v) is 6.32. The summed E-state index contributed by atoms with van der Waals surface area (Å²) in [6.07, 6.45) is 5.12. The highest BCUT2D eigenvalue weighted by Gasteiger charge is 2.28. The number of anilines is 1. The number of phenolic OH excluding ortho intramolecular Hbond substituents is 1. The number of hydrogen-bond acceptors (Lipinski definition) is 3. The molecule has 0 unspecified atom stereocenters. The maximum atomic E-state index is 12.5. The minimum absolute atomic E-state index is 0.110. The summed E-state index contributed by atoms with van der Waals surface area (Å²) in [6, 6.07) is 7.18. The van der Waals surface area contributed by atoms with E-state index in [1.165, 1.54) is 0 Å². The molecule has 1 aliphatic rings. The van der Waals surface area contributed by atoms with E-state index in [9.17, 15) is 9.90 Å². The standard InChI is InChI=1S/C20H28N2O2/c1-4-16(3)9-12-21-13-10-17(11-14-21)22(20(24)5-2)18-7-6-8-19(23)15-18/h4,6-8,15,17,23H,1,3,5,9-14H2,2H3. The summed E-state index contributed by atoms with van der Waals surface area (Å²) in [4.78, 5) is 16.8. The van der Waals surface area contributed by atoms with Crippen molar-refractivity contribution < 1.29 is 9.90 Å². The normalized spacial score (nSPS) is 15.9. The van der Waals surface area contributed by atoms with Gasteiger partial charge in [-0.25, -0.2) is 0 Å². The fraction of sp³-hybridized carbons (Fsp3) is 0.450. The van der Waals surface area contributed by atoms with Crippen molar-refractivity contribution in [1.29, 1.82) is 0 Å². The monoisotopic (exact) mass is 328 g/mol. The van der Waals surface area contributed by atoms with Gasteiger partial charge in [-0.2, -0.15) is 0 Å². The molecular weight excluding hydrogens is 300 g/mol. The molecule has 130 valence electrons. The van der Waals surface area contributed by atoms with Crippen molar-refractivity contribution in [2.24, 2.45) is 0 Å². The predicted molar refractivity (Wildman–Crippen MR) is 99.3 cm³/mol. The summed E-state index contributed by atoms with van der Waals surface area (Å²) in [7, 11) is 0. The van der Waals surface area contributed by atoms with Gasteiger partial charge in [0.1, 0.15) is 5.75 Å². The number of rotatable bonds is 7. The van der Waals surface area contributed by atoms with Gasteiger partial charge in [-0.1, -0.05) is 37.8 Å². The molecule has 4 heteroatoms. The lowest BCUT2D eigenvalue weighted by Crippen LogP contribution is -2.47. The highest BCUT2D eigenvalue weighted by Crippen LogP contribution is 2.27. The van der Waals surface area contributed by atoms with Crippen LogP contribution in [0, 0.1) is 0 Å². The lowest BCUT2D eigenvalue weighted by atomic mass is 10.0. The van der Waals surface area contributed by atoms with E-state index < -0.39 is 0 Å². The number of carbonyl (C=O) groups is 1. The van der Waals surface area contributed by atoms with E-state index in [2.05, 4.69) is 18.1 Å². The third-order valence-electron chi connectivity index (χ3n) is 4.64. The van der Waals surface area contributed by atoms with Crippen LogP contribution in [0.3, 0.4) is 0 Å². The summed E-state index contributed by atoms with van der Waals surface area (Å²) in [5.41, 5.74) is 1.86. The molecule has 1 heterocycles. The molecule has 1 aromatic carbocycles. The predicted octanol–water partition coefficient (Wildman–Crippen LogP) is 3.73. The van der Waals surface area contributed by atoms with Gasteiger partial charge in [-0.05, 0) is 31.4 Å². The lowest BCUT2D eigenvalue weighted by Gasteiger charge is -2.38. The second kappa shape index (κ2) is 8.69. The third kappa shape index (κ3) is 4.71. The van der Waals surface area contributed by atoms with Crippen molar-refractivity contribution in [2.75, 3.05) is 24.5 Å². The van der Waals surface area contributed by atoms with E-state index in [0.29, 0.717) is 6.42 Å². The number of hydrogen-bond donors (Lipinski definition) is 1. The van der Waals surface area contributed by atoms with Crippen molar-refractivity contribution in [3.8, 4) is 5.75 Å². The molecule has 1 fully saturated rings. The van der Waals surface area contributed by atoms with Crippen LogP contribution in [0.15, 0.2) is 49.1 Å². The summed E-state index contributed by atoms with van der Waals surface area (Å²) in [5.74, 6) is 0.306. The topological polar surface area (TPSA) is 43.8 Å². The van der Waals surface area contributed by atoms with Gasteiger partial charge in [0.25, 0.3) is 0 Å². The average molecular weight is 328 g/mol. The molecule has 4 nitrogen and oxygen atoms in total. The Labute approximate surface area is 145 Å². The van der Waals surface area contributed by atoms with Crippen LogP contribution in [0.2, 0.25) is 0 Å². The van der Waals surface area contributed by atoms with Crippen LogP contribution in [-0.4, -0.2) is 41.6 Å². The largest absolute Gasteiger partial charge is 0.508 e. The summed E-state index contributed by atoms with van der Waals surface area (Å²) in [6.45, 7) is 12.5. The molecule has 1 aromatic rings. The number of nitrogens with zero attached hydrogens (tertiary/aromatic N) is 2. The first-order valence-electron chi connectivity index (χ1n) is 8.68. The van der Waals surface area contributed by atoms with Crippen LogP contribution < -0.4 is 4.90 Å². The van der Waals surface area contributed by atoms with E-state index >= 15 is 0 Å². The molecular formula is C20H28N2O2. The van der Waals surface area contributed by atoms with Crippen molar-refractivity contribution in [1.82, 2.24) is 4.90 Å². The minimum atomic E-state index is 0.110. The Bertz CT molecular complexity index is 589. The molecule has 0 aromatic heterocycles. The average Bonchev–Trinajstić information content (AvgIpc) is 2.60. The first-order valence-corrected chi connectivity index (χ1v) is 8.68. The quantitative estimate of drug-likeness (QED) is 0.776. The van der Waals surface area contributed by atoms with Crippen molar-refractivity contribution in [2.45, 2.75) is 38.6 Å². The number of amides is 1. The van der Waals surface area contributed by atoms with E-state index in [1.807, 2.05) is 24.0 Å². The summed E-state index contributed by atoms with van der Waals surface area (Å²) < 4.78 is 0. The van der Waals surface area contributed by atoms with Crippen LogP contribution in [0.5, 0.6) is 5.75 Å². The Morgan fingerprint density at radius 2 is 2.12 bits per heavy atom. The minimum Gasteiger partial charge on any atom is -0.508 e. The second-order valence-electron chi connectivity index (χ2n) is 6.32. The Morgan fingerprint density at radius 1 is 1.42 bits per heavy atom. The maximum Gasteiger partial charge on any atom is 0.226 e. The van der Waals surface area contributed by atoms with Crippen molar-refractivity contribution >= 4 is 11.6 Å². The number of likely N-dealkylation sites (tertiary alicyclic amines) is 1. The van der Waals surface area contributed by atoms with E-state index in [4.69, 9.17) is 0 Å². The third-order valence-corrected chi connectivity index (χ3v) is 4.64. The van der Waals surface area contributed by atoms with Crippen LogP contribution in [0.25, 0.3) is 0 Å². The molecule has 0 spiro atoms. The zero-order chi connectivity index (χ0) is 17.5. The zero-order valence-electron chi connectivity index (χ0n) is 14.6. The number of carbonyl (C=O) groups excluding carboxylic acids is 1. The Morgan fingerprint density at radius 3 is 2.71 bits per heavy atom. The number of phenols is 1. The molecule has 0 aliphatic carbocycles. The fourth-order valence-corrected chi connectivity index (χ4v) is 3.18. The van der Waals surface area contributed by atoms with Gasteiger partial charge in [-0.15, -0.1) is 0 Å². The Kier molecular flexibility index (Phi) is 6.62. The lowest BCUT2D eigenvalue weighted by molar-refractivity contribution is -0.119. The highest BCUT2D eigenvalue weighted by atomic mass is 16.3.